The number of nitrogens with zero attached hydrogens (tertiary/aromatic N) is 2. The largest absolute Gasteiger partial charge is 0.469 e. The lowest BCUT2D eigenvalue weighted by atomic mass is 9.72. The number of para-hydroxylation sites is 1. The van der Waals surface area contributed by atoms with E-state index in [-0.39, 0.29) is 54.7 Å². The fraction of sp³-hybridized carbons (Fsp3) is 0.412. The number of nitrogens with two attached hydrogens (primary N) is 1. The number of ketones is 1. The maximum Gasteiger partial charge on any atom is 0.249 e. The molecule has 4 bridgehead atoms. The van der Waals surface area contributed by atoms with Gasteiger partial charge in [0.15, 0.2) is 23.5 Å². The number of carbonyl (C=O) groups excluding carboxylic acids is 2. The topological polar surface area (TPSA) is 166 Å². The number of rotatable bonds is 7. The van der Waals surface area contributed by atoms with Crippen molar-refractivity contribution in [2.24, 2.45) is 23.5 Å². The number of ether oxygens (including phenoxy) is 1. The fourth-order valence-corrected chi connectivity index (χ4v) is 6.81. The molecule has 1 amide bonds. The van der Waals surface area contributed by atoms with E-state index in [0.29, 0.717) is 22.9 Å². The molecule has 3 aliphatic rings. The van der Waals surface area contributed by atoms with Gasteiger partial charge in [-0.25, -0.2) is 9.97 Å². The number of Topliss-reactive ketones (excluding diaryl/α,β-unsaturated/α-hetero) is 1. The Balaban J connectivity index is 1.48. The molecule has 0 fully saturated rings. The first kappa shape index (κ1) is 29.2. The number of aromatic nitrogens is 2. The Hall–Kier alpha value is -4.48. The highest BCUT2D eigenvalue weighted by Crippen LogP contribution is 2.59. The smallest absolute Gasteiger partial charge is 0.249 e. The predicted molar refractivity (Wildman–Crippen MR) is 164 cm³/mol. The highest BCUT2D eigenvalue weighted by molar-refractivity contribution is 5.89. The number of benzene rings is 2. The molecule has 7 rings (SSSR count). The summed E-state index contributed by atoms with van der Waals surface area (Å²) in [7, 11) is 0. The molecule has 11 heteroatoms. The van der Waals surface area contributed by atoms with Crippen LogP contribution in [-0.2, 0) is 28.0 Å². The Morgan fingerprint density at radius 3 is 2.64 bits per heavy atom. The van der Waals surface area contributed by atoms with Crippen molar-refractivity contribution in [3.63, 3.8) is 0 Å². The third kappa shape index (κ3) is 4.55. The minimum Gasteiger partial charge on any atom is -0.469 e. The van der Waals surface area contributed by atoms with Crippen LogP contribution in [0.5, 0.6) is 5.75 Å². The number of fused-ring (bicyclic) bond motifs is 4. The van der Waals surface area contributed by atoms with Gasteiger partial charge in [-0.05, 0) is 41.5 Å². The molecular weight excluding hydrogens is 574 g/mol. The van der Waals surface area contributed by atoms with Crippen LogP contribution in [0.2, 0.25) is 0 Å². The van der Waals surface area contributed by atoms with Crippen molar-refractivity contribution in [3.05, 3.63) is 82.8 Å². The van der Waals surface area contributed by atoms with Gasteiger partial charge in [0.1, 0.15) is 29.6 Å². The normalized spacial score (nSPS) is 23.8. The molecule has 0 saturated carbocycles. The minimum atomic E-state index is -1.16. The average Bonchev–Trinajstić information content (AvgIpc) is 3.79. The second-order valence-corrected chi connectivity index (χ2v) is 12.9. The fourth-order valence-electron chi connectivity index (χ4n) is 6.81. The average molecular weight is 612 g/mol. The van der Waals surface area contributed by atoms with Crippen LogP contribution in [-0.4, -0.2) is 39.1 Å². The summed E-state index contributed by atoms with van der Waals surface area (Å²) in [5.74, 6) is -0.148. The summed E-state index contributed by atoms with van der Waals surface area (Å²) >= 11 is 0. The number of carbonyl (C=O) groups is 2. The van der Waals surface area contributed by atoms with E-state index in [2.05, 4.69) is 15.6 Å². The van der Waals surface area contributed by atoms with Gasteiger partial charge >= 0.3 is 0 Å². The second-order valence-electron chi connectivity index (χ2n) is 12.9. The van der Waals surface area contributed by atoms with Crippen LogP contribution in [0.15, 0.2) is 57.6 Å². The number of hydrogen-bond donors (Lipinski definition) is 4. The summed E-state index contributed by atoms with van der Waals surface area (Å²) in [6.07, 6.45) is -0.0483. The van der Waals surface area contributed by atoms with Gasteiger partial charge < -0.3 is 35.0 Å². The Kier molecular flexibility index (Phi) is 7.05. The molecule has 5 heterocycles. The molecule has 5 atom stereocenters. The number of aliphatic hydroxyl groups excluding tert-OH is 1. The van der Waals surface area contributed by atoms with E-state index in [4.69, 9.17) is 24.3 Å². The molecule has 1 unspecified atom stereocenters. The third-order valence-electron chi connectivity index (χ3n) is 9.20. The van der Waals surface area contributed by atoms with Gasteiger partial charge in [-0.3, -0.25) is 9.59 Å². The highest BCUT2D eigenvalue weighted by Gasteiger charge is 2.61. The summed E-state index contributed by atoms with van der Waals surface area (Å²) in [6.45, 7) is 7.68. The first-order chi connectivity index (χ1) is 21.6. The molecule has 1 spiro atoms. The first-order valence-corrected chi connectivity index (χ1v) is 15.4. The number of anilines is 1. The monoisotopic (exact) mass is 611 g/mol. The summed E-state index contributed by atoms with van der Waals surface area (Å²) in [5, 5.41) is 17.2. The van der Waals surface area contributed by atoms with Crippen LogP contribution < -0.4 is 21.1 Å². The van der Waals surface area contributed by atoms with Crippen molar-refractivity contribution in [2.75, 3.05) is 5.32 Å². The highest BCUT2D eigenvalue weighted by atomic mass is 16.5. The lowest BCUT2D eigenvalue weighted by molar-refractivity contribution is -0.135. The van der Waals surface area contributed by atoms with E-state index >= 15 is 0 Å². The second kappa shape index (κ2) is 10.8. The van der Waals surface area contributed by atoms with Crippen molar-refractivity contribution in [2.45, 2.75) is 70.9 Å². The summed E-state index contributed by atoms with van der Waals surface area (Å²) in [6, 6.07) is 13.2. The molecule has 4 aromatic rings. The van der Waals surface area contributed by atoms with Crippen molar-refractivity contribution < 1.29 is 28.3 Å². The van der Waals surface area contributed by atoms with Crippen molar-refractivity contribution >= 4 is 17.4 Å². The lowest BCUT2D eigenvalue weighted by Crippen LogP contribution is -2.41. The standard InChI is InChI=1S/C34H37N5O6/c1-16(2)26-32-39-27(31-36-20(14-35)15-43-31)29(45-32)34-21-7-5-6-8-23(21)37-33(34)44-25-10-9-18(12-22(25)34)11-19(30(42)38-26)13-24(40)28(41)17(3)4/h5-10,12,15-17,19,26,28,33,37,41H,11,13-14,35H2,1-4H3,(H,38,42)/t19-,26+,28+,33+,34?/m1/s1. The Bertz CT molecular complexity index is 1790. The van der Waals surface area contributed by atoms with Crippen LogP contribution in [0.4, 0.5) is 5.69 Å². The molecule has 2 aromatic carbocycles. The van der Waals surface area contributed by atoms with Gasteiger partial charge in [0.25, 0.3) is 0 Å². The molecular formula is C34H37N5O6. The number of oxazole rings is 2. The maximum absolute atomic E-state index is 14.0. The molecule has 2 aromatic heterocycles. The van der Waals surface area contributed by atoms with Crippen molar-refractivity contribution in [3.8, 4) is 17.3 Å². The third-order valence-corrected chi connectivity index (χ3v) is 9.20. The Labute approximate surface area is 260 Å². The number of aliphatic hydroxyl groups is 1. The van der Waals surface area contributed by atoms with Crippen LogP contribution in [0, 0.1) is 17.8 Å². The van der Waals surface area contributed by atoms with Crippen LogP contribution >= 0.6 is 0 Å². The lowest BCUT2D eigenvalue weighted by Gasteiger charge is -2.28. The number of nitrogens with one attached hydrogen (secondary N) is 2. The maximum atomic E-state index is 14.0. The van der Waals surface area contributed by atoms with E-state index in [1.807, 2.05) is 56.3 Å². The van der Waals surface area contributed by atoms with Crippen molar-refractivity contribution in [1.82, 2.24) is 15.3 Å². The first-order valence-electron chi connectivity index (χ1n) is 15.4. The van der Waals surface area contributed by atoms with Gasteiger partial charge in [0.2, 0.25) is 17.7 Å². The zero-order valence-electron chi connectivity index (χ0n) is 25.7. The van der Waals surface area contributed by atoms with E-state index in [1.165, 1.54) is 6.26 Å². The van der Waals surface area contributed by atoms with Gasteiger partial charge in [0, 0.05) is 30.1 Å². The van der Waals surface area contributed by atoms with E-state index in [9.17, 15) is 14.7 Å². The zero-order valence-corrected chi connectivity index (χ0v) is 25.7. The van der Waals surface area contributed by atoms with Gasteiger partial charge in [-0.15, -0.1) is 0 Å². The van der Waals surface area contributed by atoms with Gasteiger partial charge in [-0.1, -0.05) is 58.0 Å². The molecule has 45 heavy (non-hydrogen) atoms. The van der Waals surface area contributed by atoms with Crippen LogP contribution in [0.1, 0.15) is 74.2 Å². The molecule has 11 nitrogen and oxygen atoms in total. The Morgan fingerprint density at radius 1 is 1.11 bits per heavy atom. The van der Waals surface area contributed by atoms with Crippen LogP contribution in [0.3, 0.4) is 0 Å². The van der Waals surface area contributed by atoms with E-state index in [1.54, 1.807) is 13.8 Å². The predicted octanol–water partition coefficient (Wildman–Crippen LogP) is 4.23. The Morgan fingerprint density at radius 2 is 1.91 bits per heavy atom. The molecule has 0 saturated heterocycles. The van der Waals surface area contributed by atoms with Crippen molar-refractivity contribution in [1.29, 1.82) is 0 Å². The number of hydrogen-bond acceptors (Lipinski definition) is 10. The van der Waals surface area contributed by atoms with E-state index < -0.39 is 29.7 Å². The SMILES string of the molecule is CC(C)[C@H](O)C(=O)C[C@H]1Cc2ccc3c(c2)C2(c4ccccc4N[C@H]2O3)c2oc(nc2-c2nc(CN)co2)[C@H](C(C)C)NC1=O. The van der Waals surface area contributed by atoms with Gasteiger partial charge in [0.05, 0.1) is 5.69 Å². The summed E-state index contributed by atoms with van der Waals surface area (Å²) < 4.78 is 19.3. The molecule has 0 radical (unpaired) electrons. The summed E-state index contributed by atoms with van der Waals surface area (Å²) in [5.41, 5.74) is 9.37. The van der Waals surface area contributed by atoms with Gasteiger partial charge in [-0.2, -0.15) is 0 Å². The van der Waals surface area contributed by atoms with E-state index in [0.717, 1.165) is 22.4 Å². The van der Waals surface area contributed by atoms with Crippen LogP contribution in [0.25, 0.3) is 11.6 Å². The molecule has 5 N–H and O–H groups in total. The quantitative estimate of drug-likeness (QED) is 0.238. The zero-order chi connectivity index (χ0) is 31.6. The molecule has 0 aliphatic carbocycles. The minimum absolute atomic E-state index is 0.109. The summed E-state index contributed by atoms with van der Waals surface area (Å²) in [4.78, 5) is 36.7. The number of amides is 1. The molecule has 234 valence electrons. The molecule has 3 aliphatic heterocycles.